The van der Waals surface area contributed by atoms with Gasteiger partial charge in [0.2, 0.25) is 0 Å². The molecule has 0 N–H and O–H groups in total. The van der Waals surface area contributed by atoms with Crippen LogP contribution in [0, 0.1) is 6.57 Å². The van der Waals surface area contributed by atoms with E-state index >= 15 is 0 Å². The van der Waals surface area contributed by atoms with E-state index in [4.69, 9.17) is 21.5 Å². The van der Waals surface area contributed by atoms with Crippen LogP contribution in [-0.2, 0) is 5.41 Å². The van der Waals surface area contributed by atoms with Crippen molar-refractivity contribution in [2.45, 2.75) is 19.3 Å². The summed E-state index contributed by atoms with van der Waals surface area (Å²) in [6.07, 6.45) is 3.69. The summed E-state index contributed by atoms with van der Waals surface area (Å²) in [6.45, 7) is 12.7. The first-order chi connectivity index (χ1) is 27.9. The van der Waals surface area contributed by atoms with E-state index < -0.39 is 0 Å². The fourth-order valence-electron chi connectivity index (χ4n) is 8.35. The molecule has 5 nitrogen and oxygen atoms in total. The standard InChI is InChI=1S/C52H35N5/c1-52(2)45-30-37(24-25-44(45)47-46(53-3)31-38-17-10-11-19-43(38)48(47)52)40-27-41(39-18-12-26-54-32-39)29-42(28-40)51-56-49(35-15-8-5-9-16-35)55-50(57-51)36-22-20-34(21-23-36)33-13-6-4-7-14-33/h4-32H,1-2H3. The third kappa shape index (κ3) is 5.96. The topological polar surface area (TPSA) is 55.9 Å². The molecule has 2 aromatic heterocycles. The van der Waals surface area contributed by atoms with Gasteiger partial charge in [0.05, 0.1) is 6.57 Å². The second-order valence-corrected chi connectivity index (χ2v) is 15.0. The molecule has 268 valence electrons. The van der Waals surface area contributed by atoms with Crippen molar-refractivity contribution in [3.63, 3.8) is 0 Å². The highest BCUT2D eigenvalue weighted by Gasteiger charge is 2.38. The van der Waals surface area contributed by atoms with E-state index in [-0.39, 0.29) is 5.41 Å². The SMILES string of the molecule is [C-]#[N+]c1cc2ccccc2c2c1-c1ccc(-c3cc(-c4cccnc4)cc(-c4nc(-c5ccccc5)nc(-c5ccc(-c6ccccc6)cc5)n4)c3)cc1C2(C)C. The van der Waals surface area contributed by atoms with Gasteiger partial charge in [0.25, 0.3) is 0 Å². The van der Waals surface area contributed by atoms with E-state index in [1.165, 1.54) is 16.5 Å². The van der Waals surface area contributed by atoms with Crippen molar-refractivity contribution in [3.05, 3.63) is 199 Å². The number of nitrogens with zero attached hydrogens (tertiary/aromatic N) is 5. The number of rotatable bonds is 6. The Kier molecular flexibility index (Phi) is 8.13. The second-order valence-electron chi connectivity index (χ2n) is 15.0. The van der Waals surface area contributed by atoms with Gasteiger partial charge in [-0.05, 0) is 97.2 Å². The van der Waals surface area contributed by atoms with Crippen LogP contribution in [0.25, 0.3) is 94.3 Å². The van der Waals surface area contributed by atoms with Crippen LogP contribution < -0.4 is 0 Å². The molecule has 0 saturated heterocycles. The Morgan fingerprint density at radius 3 is 1.70 bits per heavy atom. The second kappa shape index (κ2) is 13.6. The van der Waals surface area contributed by atoms with Crippen LogP contribution in [-0.4, -0.2) is 19.9 Å². The van der Waals surface area contributed by atoms with Gasteiger partial charge in [-0.1, -0.05) is 141 Å². The van der Waals surface area contributed by atoms with E-state index in [9.17, 15) is 0 Å². The maximum absolute atomic E-state index is 8.13. The van der Waals surface area contributed by atoms with Crippen LogP contribution in [0.4, 0.5) is 5.69 Å². The average Bonchev–Trinajstić information content (AvgIpc) is 3.52. The lowest BCUT2D eigenvalue weighted by Gasteiger charge is -2.24. The molecule has 0 aliphatic heterocycles. The molecule has 5 heteroatoms. The van der Waals surface area contributed by atoms with Crippen LogP contribution in [0.2, 0.25) is 0 Å². The number of fused-ring (bicyclic) bond motifs is 5. The summed E-state index contributed by atoms with van der Waals surface area (Å²) in [6, 6.07) is 56.6. The van der Waals surface area contributed by atoms with E-state index in [1.54, 1.807) is 6.20 Å². The van der Waals surface area contributed by atoms with E-state index in [2.05, 4.69) is 133 Å². The van der Waals surface area contributed by atoms with Gasteiger partial charge in [-0.2, -0.15) is 0 Å². The summed E-state index contributed by atoms with van der Waals surface area (Å²) < 4.78 is 0. The van der Waals surface area contributed by atoms with Crippen LogP contribution in [0.1, 0.15) is 25.0 Å². The van der Waals surface area contributed by atoms with Crippen molar-refractivity contribution >= 4 is 16.5 Å². The van der Waals surface area contributed by atoms with Gasteiger partial charge >= 0.3 is 0 Å². The van der Waals surface area contributed by atoms with E-state index in [1.807, 2.05) is 60.8 Å². The molecule has 0 unspecified atom stereocenters. The maximum atomic E-state index is 8.13. The first kappa shape index (κ1) is 34.0. The Morgan fingerprint density at radius 2 is 1.02 bits per heavy atom. The first-order valence-electron chi connectivity index (χ1n) is 19.1. The highest BCUT2D eigenvalue weighted by atomic mass is 15.0. The molecule has 10 rings (SSSR count). The Labute approximate surface area is 331 Å². The predicted molar refractivity (Wildman–Crippen MR) is 232 cm³/mol. The third-order valence-corrected chi connectivity index (χ3v) is 11.2. The summed E-state index contributed by atoms with van der Waals surface area (Å²) in [5.74, 6) is 1.79. The molecule has 9 aromatic rings. The van der Waals surface area contributed by atoms with Crippen molar-refractivity contribution in [1.29, 1.82) is 0 Å². The minimum absolute atomic E-state index is 0.325. The highest BCUT2D eigenvalue weighted by molar-refractivity contribution is 6.04. The number of aromatic nitrogens is 4. The molecule has 1 aliphatic rings. The van der Waals surface area contributed by atoms with Crippen molar-refractivity contribution in [2.24, 2.45) is 0 Å². The lowest BCUT2D eigenvalue weighted by atomic mass is 9.79. The number of hydrogen-bond donors (Lipinski definition) is 0. The van der Waals surface area contributed by atoms with Crippen molar-refractivity contribution < 1.29 is 0 Å². The highest BCUT2D eigenvalue weighted by Crippen LogP contribution is 2.55. The van der Waals surface area contributed by atoms with Crippen molar-refractivity contribution in [2.75, 3.05) is 0 Å². The largest absolute Gasteiger partial charge is 0.264 e. The van der Waals surface area contributed by atoms with Gasteiger partial charge in [0, 0.05) is 40.1 Å². The zero-order valence-corrected chi connectivity index (χ0v) is 31.5. The summed E-state index contributed by atoms with van der Waals surface area (Å²) in [5.41, 5.74) is 14.0. The molecule has 0 fully saturated rings. The number of pyridine rings is 1. The van der Waals surface area contributed by atoms with Gasteiger partial charge in [-0.25, -0.2) is 19.8 Å². The van der Waals surface area contributed by atoms with Crippen LogP contribution in [0.5, 0.6) is 0 Å². The van der Waals surface area contributed by atoms with Gasteiger partial charge < -0.3 is 0 Å². The smallest absolute Gasteiger partial charge is 0.195 e. The van der Waals surface area contributed by atoms with Crippen molar-refractivity contribution in [1.82, 2.24) is 19.9 Å². The fraction of sp³-hybridized carbons (Fsp3) is 0.0577. The minimum atomic E-state index is -0.325. The van der Waals surface area contributed by atoms with Crippen LogP contribution >= 0.6 is 0 Å². The first-order valence-corrected chi connectivity index (χ1v) is 19.1. The lowest BCUT2D eigenvalue weighted by molar-refractivity contribution is 0.666. The van der Waals surface area contributed by atoms with Crippen molar-refractivity contribution in [3.8, 4) is 78.7 Å². The lowest BCUT2D eigenvalue weighted by Crippen LogP contribution is -2.15. The van der Waals surface area contributed by atoms with Gasteiger partial charge in [0.1, 0.15) is 0 Å². The zero-order valence-electron chi connectivity index (χ0n) is 31.5. The Hall–Kier alpha value is -7.55. The zero-order chi connectivity index (χ0) is 38.5. The molecule has 0 saturated carbocycles. The molecule has 1 aliphatic carbocycles. The van der Waals surface area contributed by atoms with Gasteiger partial charge in [-0.3, -0.25) is 4.98 Å². The van der Waals surface area contributed by atoms with Crippen LogP contribution in [0.3, 0.4) is 0 Å². The van der Waals surface area contributed by atoms with Crippen LogP contribution in [0.15, 0.2) is 176 Å². The minimum Gasteiger partial charge on any atom is -0.264 e. The molecular weight excluding hydrogens is 695 g/mol. The average molecular weight is 730 g/mol. The maximum Gasteiger partial charge on any atom is 0.195 e. The molecule has 0 amide bonds. The normalized spacial score (nSPS) is 12.5. The molecule has 0 atom stereocenters. The fourth-order valence-corrected chi connectivity index (χ4v) is 8.35. The summed E-state index contributed by atoms with van der Waals surface area (Å²) in [7, 11) is 0. The molecule has 0 radical (unpaired) electrons. The summed E-state index contributed by atoms with van der Waals surface area (Å²) in [5, 5.41) is 2.29. The molecule has 7 aromatic carbocycles. The van der Waals surface area contributed by atoms with Gasteiger partial charge in [-0.15, -0.1) is 0 Å². The Balaban J connectivity index is 1.14. The van der Waals surface area contributed by atoms with E-state index in [0.717, 1.165) is 66.6 Å². The number of benzene rings is 7. The monoisotopic (exact) mass is 729 g/mol. The Morgan fingerprint density at radius 1 is 0.474 bits per heavy atom. The van der Waals surface area contributed by atoms with Gasteiger partial charge in [0.15, 0.2) is 23.2 Å². The summed E-state index contributed by atoms with van der Waals surface area (Å²) in [4.78, 5) is 23.8. The molecule has 57 heavy (non-hydrogen) atoms. The third-order valence-electron chi connectivity index (χ3n) is 11.2. The molecule has 2 heterocycles. The molecule has 0 spiro atoms. The quantitative estimate of drug-likeness (QED) is 0.160. The molecular formula is C52H35N5. The molecule has 0 bridgehead atoms. The predicted octanol–water partition coefficient (Wildman–Crippen LogP) is 13.3. The number of hydrogen-bond acceptors (Lipinski definition) is 4. The Bertz CT molecular complexity index is 3020. The van der Waals surface area contributed by atoms with E-state index in [0.29, 0.717) is 23.2 Å². The summed E-state index contributed by atoms with van der Waals surface area (Å²) >= 11 is 0.